The fraction of sp³-hybridized carbons (Fsp3) is 0.875. The first-order valence-electron chi connectivity index (χ1n) is 4.34. The van der Waals surface area contributed by atoms with E-state index in [2.05, 4.69) is 10.2 Å². The molecule has 2 bridgehead atoms. The molecule has 0 aromatic carbocycles. The maximum atomic E-state index is 11.3. The van der Waals surface area contributed by atoms with E-state index in [1.54, 1.807) is 0 Å². The lowest BCUT2D eigenvalue weighted by molar-refractivity contribution is -0.146. The van der Waals surface area contributed by atoms with Crippen molar-refractivity contribution < 1.29 is 4.79 Å². The Morgan fingerprint density at radius 2 is 2.18 bits per heavy atom. The van der Waals surface area contributed by atoms with Crippen molar-refractivity contribution in [1.82, 2.24) is 10.2 Å². The molecule has 0 aromatic heterocycles. The predicted octanol–water partition coefficient (Wildman–Crippen LogP) is -0.0309. The van der Waals surface area contributed by atoms with E-state index in [0.29, 0.717) is 24.4 Å². The molecule has 2 atom stereocenters. The Morgan fingerprint density at radius 1 is 1.55 bits per heavy atom. The van der Waals surface area contributed by atoms with Gasteiger partial charge in [0.15, 0.2) is 0 Å². The zero-order valence-corrected chi connectivity index (χ0v) is 6.84. The van der Waals surface area contributed by atoms with Crippen LogP contribution in [0.2, 0.25) is 0 Å². The van der Waals surface area contributed by atoms with Crippen molar-refractivity contribution in [2.75, 3.05) is 13.1 Å². The molecule has 62 valence electrons. The quantitative estimate of drug-likeness (QED) is 0.575. The van der Waals surface area contributed by atoms with Crippen LogP contribution in [0.3, 0.4) is 0 Å². The number of carbonyl (C=O) groups is 1. The smallest absolute Gasteiger partial charge is 0.222 e. The lowest BCUT2D eigenvalue weighted by Gasteiger charge is -2.53. The summed E-state index contributed by atoms with van der Waals surface area (Å²) in [6, 6.07) is 1.03. The van der Waals surface area contributed by atoms with Crippen LogP contribution in [0, 0.1) is 0 Å². The van der Waals surface area contributed by atoms with Crippen LogP contribution in [-0.4, -0.2) is 36.0 Å². The number of carbonyl (C=O) groups excluding carboxylic acids is 1. The Labute approximate surface area is 66.8 Å². The van der Waals surface area contributed by atoms with Crippen LogP contribution in [-0.2, 0) is 4.79 Å². The van der Waals surface area contributed by atoms with Crippen molar-refractivity contribution in [2.24, 2.45) is 0 Å². The molecule has 1 amide bonds. The molecule has 0 aromatic rings. The molecule has 3 heterocycles. The molecular weight excluding hydrogens is 140 g/mol. The normalized spacial score (nSPS) is 34.8. The fourth-order valence-corrected chi connectivity index (χ4v) is 2.07. The number of piperazine rings is 1. The zero-order chi connectivity index (χ0) is 7.84. The van der Waals surface area contributed by atoms with Gasteiger partial charge in [0.05, 0.1) is 0 Å². The van der Waals surface area contributed by atoms with Crippen LogP contribution in [0.25, 0.3) is 0 Å². The Morgan fingerprint density at radius 3 is 2.64 bits per heavy atom. The third-order valence-corrected chi connectivity index (χ3v) is 2.68. The number of piperidine rings is 1. The van der Waals surface area contributed by atoms with Gasteiger partial charge in [-0.15, -0.1) is 0 Å². The van der Waals surface area contributed by atoms with E-state index in [9.17, 15) is 4.79 Å². The van der Waals surface area contributed by atoms with Gasteiger partial charge >= 0.3 is 0 Å². The standard InChI is InChI=1S/C8H14N2O/c1-2-8(11)10-6-3-7(10)5-9-4-6/h6-7,9H,2-5H2,1H3/t6-,7-/m1/s1. The van der Waals surface area contributed by atoms with Crippen molar-refractivity contribution in [2.45, 2.75) is 31.8 Å². The minimum absolute atomic E-state index is 0.327. The van der Waals surface area contributed by atoms with Crippen LogP contribution in [0.4, 0.5) is 0 Å². The molecule has 3 nitrogen and oxygen atoms in total. The Balaban J connectivity index is 2.00. The van der Waals surface area contributed by atoms with E-state index in [4.69, 9.17) is 0 Å². The lowest BCUT2D eigenvalue weighted by atomic mass is 9.88. The van der Waals surface area contributed by atoms with Crippen LogP contribution in [0.15, 0.2) is 0 Å². The van der Waals surface area contributed by atoms with E-state index in [-0.39, 0.29) is 0 Å². The highest BCUT2D eigenvalue weighted by molar-refractivity contribution is 5.77. The van der Waals surface area contributed by atoms with E-state index >= 15 is 0 Å². The summed E-state index contributed by atoms with van der Waals surface area (Å²) >= 11 is 0. The van der Waals surface area contributed by atoms with Gasteiger partial charge < -0.3 is 10.2 Å². The molecule has 11 heavy (non-hydrogen) atoms. The largest absolute Gasteiger partial charge is 0.334 e. The molecule has 0 spiro atoms. The number of amides is 1. The highest BCUT2D eigenvalue weighted by atomic mass is 16.2. The second-order valence-corrected chi connectivity index (χ2v) is 3.36. The molecular formula is C8H14N2O. The summed E-state index contributed by atoms with van der Waals surface area (Å²) in [6.07, 6.45) is 1.88. The van der Waals surface area contributed by atoms with Gasteiger partial charge in [-0.3, -0.25) is 4.79 Å². The molecule has 3 aliphatic rings. The van der Waals surface area contributed by atoms with Gasteiger partial charge in [0.2, 0.25) is 5.91 Å². The number of fused-ring (bicyclic) bond motifs is 2. The minimum Gasteiger partial charge on any atom is -0.334 e. The maximum Gasteiger partial charge on any atom is 0.222 e. The average molecular weight is 154 g/mol. The number of nitrogens with one attached hydrogen (secondary N) is 1. The van der Waals surface area contributed by atoms with E-state index in [0.717, 1.165) is 13.1 Å². The Bertz CT molecular complexity index is 167. The minimum atomic E-state index is 0.327. The number of nitrogens with zero attached hydrogens (tertiary/aromatic N) is 1. The molecule has 1 N–H and O–H groups in total. The van der Waals surface area contributed by atoms with E-state index in [1.807, 2.05) is 6.92 Å². The van der Waals surface area contributed by atoms with Gasteiger partial charge in [-0.1, -0.05) is 6.92 Å². The number of hydrogen-bond donors (Lipinski definition) is 1. The molecule has 3 rings (SSSR count). The summed E-state index contributed by atoms with van der Waals surface area (Å²) in [5.74, 6) is 0.327. The van der Waals surface area contributed by atoms with Crippen molar-refractivity contribution >= 4 is 5.91 Å². The first-order chi connectivity index (χ1) is 5.33. The topological polar surface area (TPSA) is 32.3 Å². The second-order valence-electron chi connectivity index (χ2n) is 3.36. The van der Waals surface area contributed by atoms with E-state index in [1.165, 1.54) is 6.42 Å². The van der Waals surface area contributed by atoms with Gasteiger partial charge in [-0.25, -0.2) is 0 Å². The van der Waals surface area contributed by atoms with Crippen molar-refractivity contribution in [1.29, 1.82) is 0 Å². The summed E-state index contributed by atoms with van der Waals surface area (Å²) < 4.78 is 0. The van der Waals surface area contributed by atoms with Crippen molar-refractivity contribution in [3.05, 3.63) is 0 Å². The number of rotatable bonds is 1. The average Bonchev–Trinajstić information content (AvgIpc) is 2.05. The van der Waals surface area contributed by atoms with Gasteiger partial charge in [-0.05, 0) is 6.42 Å². The first-order valence-corrected chi connectivity index (χ1v) is 4.34. The molecule has 0 saturated carbocycles. The fourth-order valence-electron chi connectivity index (χ4n) is 2.07. The third kappa shape index (κ3) is 0.948. The van der Waals surface area contributed by atoms with Crippen LogP contribution in [0.1, 0.15) is 19.8 Å². The van der Waals surface area contributed by atoms with E-state index < -0.39 is 0 Å². The number of hydrogen-bond acceptors (Lipinski definition) is 2. The Kier molecular flexibility index (Phi) is 1.60. The van der Waals surface area contributed by atoms with Crippen LogP contribution in [0.5, 0.6) is 0 Å². The van der Waals surface area contributed by atoms with Gasteiger partial charge in [0.1, 0.15) is 0 Å². The van der Waals surface area contributed by atoms with Crippen LogP contribution < -0.4 is 5.32 Å². The summed E-state index contributed by atoms with van der Waals surface area (Å²) in [5.41, 5.74) is 0. The highest BCUT2D eigenvalue weighted by Crippen LogP contribution is 2.28. The molecule has 3 saturated heterocycles. The van der Waals surface area contributed by atoms with Gasteiger partial charge in [0.25, 0.3) is 0 Å². The molecule has 3 aliphatic heterocycles. The summed E-state index contributed by atoms with van der Waals surface area (Å²) in [4.78, 5) is 13.4. The molecule has 3 fully saturated rings. The summed E-state index contributed by atoms with van der Waals surface area (Å²) in [6.45, 7) is 3.94. The monoisotopic (exact) mass is 154 g/mol. The lowest BCUT2D eigenvalue weighted by Crippen LogP contribution is -2.69. The Hall–Kier alpha value is -0.570. The summed E-state index contributed by atoms with van der Waals surface area (Å²) in [7, 11) is 0. The molecule has 0 unspecified atom stereocenters. The maximum absolute atomic E-state index is 11.3. The van der Waals surface area contributed by atoms with Gasteiger partial charge in [-0.2, -0.15) is 0 Å². The van der Waals surface area contributed by atoms with Crippen LogP contribution >= 0.6 is 0 Å². The zero-order valence-electron chi connectivity index (χ0n) is 6.84. The third-order valence-electron chi connectivity index (χ3n) is 2.68. The molecule has 0 radical (unpaired) electrons. The molecule has 3 heteroatoms. The predicted molar refractivity (Wildman–Crippen MR) is 42.2 cm³/mol. The first kappa shape index (κ1) is 7.10. The summed E-state index contributed by atoms with van der Waals surface area (Å²) in [5, 5.41) is 3.30. The van der Waals surface area contributed by atoms with Crippen molar-refractivity contribution in [3.8, 4) is 0 Å². The highest BCUT2D eigenvalue weighted by Gasteiger charge is 2.43. The van der Waals surface area contributed by atoms with Crippen molar-refractivity contribution in [3.63, 3.8) is 0 Å². The second kappa shape index (κ2) is 2.48. The SMILES string of the molecule is CCC(=O)N1[C@H]2CNC[C@H]1C2. The van der Waals surface area contributed by atoms with Gasteiger partial charge in [0, 0.05) is 31.6 Å². The molecule has 0 aliphatic carbocycles.